The Bertz CT molecular complexity index is 1520. The molecule has 278 valence electrons. The number of aliphatic hydroxyl groups is 1. The van der Waals surface area contributed by atoms with Gasteiger partial charge in [-0.25, -0.2) is 19.2 Å². The highest BCUT2D eigenvalue weighted by atomic mass is 32.1. The fourth-order valence-electron chi connectivity index (χ4n) is 5.78. The highest BCUT2D eigenvalue weighted by Gasteiger charge is 2.34. The van der Waals surface area contributed by atoms with Crippen molar-refractivity contribution in [2.75, 3.05) is 40.4 Å². The number of Topliss-reactive ketones (excluding diaryl/α,β-unsaturated/α-hetero) is 1. The van der Waals surface area contributed by atoms with E-state index in [1.807, 2.05) is 48.5 Å². The van der Waals surface area contributed by atoms with Crippen LogP contribution in [0.15, 0.2) is 10.8 Å². The average Bonchev–Trinajstić information content (AvgIpc) is 3.64. The molecule has 0 spiro atoms. The van der Waals surface area contributed by atoms with Crippen LogP contribution < -0.4 is 0 Å². The van der Waals surface area contributed by atoms with Gasteiger partial charge in [0, 0.05) is 47.7 Å². The van der Waals surface area contributed by atoms with Gasteiger partial charge in [0.1, 0.15) is 11.2 Å². The summed E-state index contributed by atoms with van der Waals surface area (Å²) in [5, 5.41) is 14.1. The Kier molecular flexibility index (Phi) is 14.0. The Balaban J connectivity index is 0.000000270. The molecule has 2 fully saturated rings. The van der Waals surface area contributed by atoms with Crippen LogP contribution >= 0.6 is 22.7 Å². The first-order valence-corrected chi connectivity index (χ1v) is 18.5. The number of rotatable bonds is 6. The number of nitrogens with zero attached hydrogens (tertiary/aromatic N) is 2. The number of amides is 2. The van der Waals surface area contributed by atoms with E-state index in [4.69, 9.17) is 18.9 Å². The molecule has 14 heteroatoms. The summed E-state index contributed by atoms with van der Waals surface area (Å²) in [6.45, 7) is 16.8. The monoisotopic (exact) mass is 736 g/mol. The van der Waals surface area contributed by atoms with Gasteiger partial charge in [-0.05, 0) is 98.1 Å². The van der Waals surface area contributed by atoms with Gasteiger partial charge in [0.2, 0.25) is 0 Å². The van der Waals surface area contributed by atoms with E-state index in [1.165, 1.54) is 36.9 Å². The molecule has 1 unspecified atom stereocenters. The third kappa shape index (κ3) is 10.8. The SMILES string of the molecule is COC(=O)c1csc(C(=O)C2CCN(C(=O)OC(C)(C)C)CC2)c1C.COC(=O)c1csc(C(O)C2CCN(C(=O)OC(C)(C)C)CC2)c1C. The number of carbonyl (C=O) groups excluding carboxylic acids is 5. The molecule has 2 aromatic heterocycles. The Morgan fingerprint density at radius 3 is 1.58 bits per heavy atom. The van der Waals surface area contributed by atoms with Gasteiger partial charge in [-0.3, -0.25) is 4.79 Å². The smallest absolute Gasteiger partial charge is 0.410 e. The van der Waals surface area contributed by atoms with Crippen molar-refractivity contribution in [1.29, 1.82) is 0 Å². The molecular weight excluding hydrogens is 685 g/mol. The summed E-state index contributed by atoms with van der Waals surface area (Å²) in [5.41, 5.74) is 1.37. The number of carbonyl (C=O) groups is 5. The number of piperidine rings is 2. The van der Waals surface area contributed by atoms with Gasteiger partial charge in [-0.1, -0.05) is 0 Å². The summed E-state index contributed by atoms with van der Waals surface area (Å²) in [4.78, 5) is 65.2. The molecule has 2 saturated heterocycles. The third-order valence-electron chi connectivity index (χ3n) is 8.57. The molecule has 0 aromatic carbocycles. The van der Waals surface area contributed by atoms with Crippen LogP contribution in [-0.2, 0) is 18.9 Å². The number of thiophene rings is 2. The molecular formula is C36H52N2O10S2. The second kappa shape index (κ2) is 17.1. The van der Waals surface area contributed by atoms with Crippen molar-refractivity contribution >= 4 is 52.6 Å². The first-order chi connectivity index (χ1) is 23.3. The Labute approximate surface area is 303 Å². The zero-order chi connectivity index (χ0) is 37.6. The second-order valence-electron chi connectivity index (χ2n) is 14.6. The van der Waals surface area contributed by atoms with Crippen LogP contribution in [0.1, 0.15) is 120 Å². The van der Waals surface area contributed by atoms with E-state index in [1.54, 1.807) is 27.5 Å². The first-order valence-electron chi connectivity index (χ1n) is 16.8. The van der Waals surface area contributed by atoms with Crippen molar-refractivity contribution in [1.82, 2.24) is 9.80 Å². The van der Waals surface area contributed by atoms with Crippen LogP contribution in [-0.4, -0.2) is 96.4 Å². The molecule has 4 heterocycles. The normalized spacial score (nSPS) is 16.5. The Hall–Kier alpha value is -3.49. The van der Waals surface area contributed by atoms with Gasteiger partial charge in [-0.15, -0.1) is 22.7 Å². The molecule has 2 aliphatic rings. The molecule has 2 aromatic rings. The lowest BCUT2D eigenvalue weighted by atomic mass is 9.89. The predicted molar refractivity (Wildman–Crippen MR) is 191 cm³/mol. The number of likely N-dealkylation sites (tertiary alicyclic amines) is 2. The van der Waals surface area contributed by atoms with Gasteiger partial charge >= 0.3 is 24.1 Å². The van der Waals surface area contributed by atoms with Gasteiger partial charge in [0.05, 0.1) is 36.3 Å². The lowest BCUT2D eigenvalue weighted by Gasteiger charge is -2.35. The minimum Gasteiger partial charge on any atom is -0.465 e. The number of esters is 2. The number of hydrogen-bond donors (Lipinski definition) is 1. The molecule has 1 N–H and O–H groups in total. The van der Waals surface area contributed by atoms with Crippen LogP contribution in [0.2, 0.25) is 0 Å². The van der Waals surface area contributed by atoms with E-state index >= 15 is 0 Å². The predicted octanol–water partition coefficient (Wildman–Crippen LogP) is 7.20. The van der Waals surface area contributed by atoms with Crippen molar-refractivity contribution in [3.8, 4) is 0 Å². The number of hydrogen-bond acceptors (Lipinski definition) is 12. The lowest BCUT2D eigenvalue weighted by molar-refractivity contribution is 0.00792. The van der Waals surface area contributed by atoms with Crippen molar-refractivity contribution in [3.05, 3.63) is 42.8 Å². The quantitative estimate of drug-likeness (QED) is 0.183. The molecule has 0 saturated carbocycles. The summed E-state index contributed by atoms with van der Waals surface area (Å²) >= 11 is 2.66. The molecule has 1 atom stereocenters. The highest BCUT2D eigenvalue weighted by Crippen LogP contribution is 2.37. The third-order valence-corrected chi connectivity index (χ3v) is 10.8. The molecule has 50 heavy (non-hydrogen) atoms. The minimum absolute atomic E-state index is 0.0430. The fraction of sp³-hybridized carbons (Fsp3) is 0.639. The maximum Gasteiger partial charge on any atom is 0.410 e. The highest BCUT2D eigenvalue weighted by molar-refractivity contribution is 7.12. The summed E-state index contributed by atoms with van der Waals surface area (Å²) in [5.74, 6) is -0.843. The fourth-order valence-corrected chi connectivity index (χ4v) is 7.99. The van der Waals surface area contributed by atoms with E-state index < -0.39 is 23.3 Å². The molecule has 2 amide bonds. The number of aliphatic hydroxyl groups excluding tert-OH is 1. The van der Waals surface area contributed by atoms with Crippen LogP contribution in [0.3, 0.4) is 0 Å². The maximum atomic E-state index is 12.8. The Morgan fingerprint density at radius 2 is 1.14 bits per heavy atom. The average molecular weight is 737 g/mol. The van der Waals surface area contributed by atoms with E-state index in [9.17, 15) is 29.1 Å². The zero-order valence-electron chi connectivity index (χ0n) is 30.9. The number of methoxy groups -OCH3 is 2. The van der Waals surface area contributed by atoms with Crippen molar-refractivity contribution in [3.63, 3.8) is 0 Å². The molecule has 0 aliphatic carbocycles. The summed E-state index contributed by atoms with van der Waals surface area (Å²) in [6, 6.07) is 0. The molecule has 2 aliphatic heterocycles. The van der Waals surface area contributed by atoms with E-state index in [-0.39, 0.29) is 35.8 Å². The van der Waals surface area contributed by atoms with Gasteiger partial charge in [0.15, 0.2) is 5.78 Å². The van der Waals surface area contributed by atoms with E-state index in [2.05, 4.69) is 0 Å². The van der Waals surface area contributed by atoms with E-state index in [0.717, 1.165) is 10.4 Å². The summed E-state index contributed by atoms with van der Waals surface area (Å²) < 4.78 is 20.3. The van der Waals surface area contributed by atoms with Crippen LogP contribution in [0.25, 0.3) is 0 Å². The topological polar surface area (TPSA) is 149 Å². The molecule has 4 rings (SSSR count). The summed E-state index contributed by atoms with van der Waals surface area (Å²) in [7, 11) is 2.68. The van der Waals surface area contributed by atoms with Crippen LogP contribution in [0.4, 0.5) is 9.59 Å². The molecule has 12 nitrogen and oxygen atoms in total. The largest absolute Gasteiger partial charge is 0.465 e. The van der Waals surface area contributed by atoms with Crippen LogP contribution in [0.5, 0.6) is 0 Å². The minimum atomic E-state index is -0.635. The Morgan fingerprint density at radius 1 is 0.720 bits per heavy atom. The van der Waals surface area contributed by atoms with Crippen molar-refractivity contribution in [2.45, 2.75) is 98.4 Å². The van der Waals surface area contributed by atoms with E-state index in [0.29, 0.717) is 73.4 Å². The second-order valence-corrected chi connectivity index (χ2v) is 16.4. The van der Waals surface area contributed by atoms with Crippen LogP contribution in [0, 0.1) is 25.7 Å². The molecule has 0 radical (unpaired) electrons. The first kappa shape index (κ1) is 40.9. The number of ether oxygens (including phenoxy) is 4. The van der Waals surface area contributed by atoms with Crippen molar-refractivity contribution in [2.24, 2.45) is 11.8 Å². The molecule has 0 bridgehead atoms. The van der Waals surface area contributed by atoms with Gasteiger partial charge in [0.25, 0.3) is 0 Å². The standard InChI is InChI=1S/C18H27NO5S.C18H25NO5S/c2*1-11-13(16(21)23-5)10-25-15(11)14(20)12-6-8-19(9-7-12)17(22)24-18(2,3)4/h10,12,14,20H,6-9H2,1-5H3;10,12H,6-9H2,1-5H3. The van der Waals surface area contributed by atoms with Gasteiger partial charge in [-0.2, -0.15) is 0 Å². The lowest BCUT2D eigenvalue weighted by Crippen LogP contribution is -2.43. The van der Waals surface area contributed by atoms with Crippen molar-refractivity contribution < 1.29 is 48.0 Å². The maximum absolute atomic E-state index is 12.8. The zero-order valence-corrected chi connectivity index (χ0v) is 32.5. The summed E-state index contributed by atoms with van der Waals surface area (Å²) in [6.07, 6.45) is 1.33. The van der Waals surface area contributed by atoms with Gasteiger partial charge < -0.3 is 33.9 Å². The number of ketones is 1.